The first-order chi connectivity index (χ1) is 8.90. The van der Waals surface area contributed by atoms with Gasteiger partial charge in [-0.2, -0.15) is 0 Å². The van der Waals surface area contributed by atoms with Gasteiger partial charge >= 0.3 is 0 Å². The van der Waals surface area contributed by atoms with Crippen molar-refractivity contribution in [3.63, 3.8) is 0 Å². The number of rotatable bonds is 2. The molecule has 0 fully saturated rings. The maximum atomic E-state index is 5.41. The molecular weight excluding hydrogens is 224 g/mol. The number of methoxy groups -OCH3 is 1. The number of ether oxygens (including phenoxy) is 1. The van der Waals surface area contributed by atoms with Gasteiger partial charge in [-0.25, -0.2) is 0 Å². The summed E-state index contributed by atoms with van der Waals surface area (Å²) >= 11 is 0. The summed E-state index contributed by atoms with van der Waals surface area (Å²) in [6, 6.07) is 12.3. The average Bonchev–Trinajstić information content (AvgIpc) is 2.47. The summed E-state index contributed by atoms with van der Waals surface area (Å²) in [5, 5.41) is 3.43. The molecule has 0 saturated carbocycles. The van der Waals surface area contributed by atoms with Gasteiger partial charge in [-0.1, -0.05) is 18.2 Å². The molecule has 0 bridgehead atoms. The standard InChI is InChI=1S/C15H16N2O/c1-18-14-7-4-5-12-11(8-10-17-15(12)14)13-6-2-3-9-16-13/h2-7,9,11,17H,8,10H2,1H3. The minimum absolute atomic E-state index is 0.359. The third-order valence-electron chi connectivity index (χ3n) is 3.43. The smallest absolute Gasteiger partial charge is 0.142 e. The highest BCUT2D eigenvalue weighted by atomic mass is 16.5. The third-order valence-corrected chi connectivity index (χ3v) is 3.43. The number of pyridine rings is 1. The highest BCUT2D eigenvalue weighted by Crippen LogP contribution is 2.40. The van der Waals surface area contributed by atoms with Crippen LogP contribution in [0.2, 0.25) is 0 Å². The minimum atomic E-state index is 0.359. The van der Waals surface area contributed by atoms with Gasteiger partial charge in [-0.05, 0) is 30.2 Å². The Morgan fingerprint density at radius 1 is 1.22 bits per heavy atom. The van der Waals surface area contributed by atoms with E-state index in [1.165, 1.54) is 5.56 Å². The molecular formula is C15H16N2O. The van der Waals surface area contributed by atoms with E-state index in [1.807, 2.05) is 30.5 Å². The van der Waals surface area contributed by atoms with E-state index in [0.717, 1.165) is 30.1 Å². The summed E-state index contributed by atoms with van der Waals surface area (Å²) < 4.78 is 5.41. The van der Waals surface area contributed by atoms with E-state index in [-0.39, 0.29) is 0 Å². The van der Waals surface area contributed by atoms with Crippen molar-refractivity contribution in [1.29, 1.82) is 0 Å². The van der Waals surface area contributed by atoms with Gasteiger partial charge in [0, 0.05) is 24.4 Å². The fraction of sp³-hybridized carbons (Fsp3) is 0.267. The lowest BCUT2D eigenvalue weighted by atomic mass is 9.88. The lowest BCUT2D eigenvalue weighted by molar-refractivity contribution is 0.415. The average molecular weight is 240 g/mol. The summed E-state index contributed by atoms with van der Waals surface area (Å²) in [7, 11) is 1.71. The molecule has 1 aliphatic heterocycles. The number of nitrogens with zero attached hydrogens (tertiary/aromatic N) is 1. The maximum Gasteiger partial charge on any atom is 0.142 e. The fourth-order valence-corrected chi connectivity index (χ4v) is 2.58. The molecule has 0 radical (unpaired) electrons. The van der Waals surface area contributed by atoms with E-state index < -0.39 is 0 Å². The second-order valence-corrected chi connectivity index (χ2v) is 4.45. The quantitative estimate of drug-likeness (QED) is 0.876. The predicted octanol–water partition coefficient (Wildman–Crippen LogP) is 3.04. The summed E-state index contributed by atoms with van der Waals surface area (Å²) in [6.07, 6.45) is 2.92. The minimum Gasteiger partial charge on any atom is -0.495 e. The number of hydrogen-bond acceptors (Lipinski definition) is 3. The first-order valence-corrected chi connectivity index (χ1v) is 6.22. The van der Waals surface area contributed by atoms with Crippen molar-refractivity contribution in [2.45, 2.75) is 12.3 Å². The number of nitrogens with one attached hydrogen (secondary N) is 1. The molecule has 1 aromatic carbocycles. The summed E-state index contributed by atoms with van der Waals surface area (Å²) in [5.74, 6) is 1.27. The fourth-order valence-electron chi connectivity index (χ4n) is 2.58. The van der Waals surface area contributed by atoms with E-state index in [0.29, 0.717) is 5.92 Å². The Morgan fingerprint density at radius 3 is 2.94 bits per heavy atom. The van der Waals surface area contributed by atoms with Crippen LogP contribution in [-0.2, 0) is 0 Å². The van der Waals surface area contributed by atoms with Gasteiger partial charge in [0.25, 0.3) is 0 Å². The van der Waals surface area contributed by atoms with Crippen LogP contribution in [0, 0.1) is 0 Å². The number of para-hydroxylation sites is 1. The van der Waals surface area contributed by atoms with Crippen LogP contribution in [0.5, 0.6) is 5.75 Å². The Hall–Kier alpha value is -2.03. The van der Waals surface area contributed by atoms with Gasteiger partial charge < -0.3 is 10.1 Å². The van der Waals surface area contributed by atoms with E-state index in [9.17, 15) is 0 Å². The molecule has 0 spiro atoms. The monoisotopic (exact) mass is 240 g/mol. The van der Waals surface area contributed by atoms with Crippen molar-refractivity contribution >= 4 is 5.69 Å². The van der Waals surface area contributed by atoms with Crippen LogP contribution in [0.1, 0.15) is 23.6 Å². The largest absolute Gasteiger partial charge is 0.495 e. The van der Waals surface area contributed by atoms with E-state index in [4.69, 9.17) is 4.74 Å². The number of fused-ring (bicyclic) bond motifs is 1. The molecule has 1 aromatic heterocycles. The molecule has 2 heterocycles. The van der Waals surface area contributed by atoms with Crippen LogP contribution in [0.15, 0.2) is 42.6 Å². The molecule has 92 valence electrons. The molecule has 3 nitrogen and oxygen atoms in total. The normalized spacial score (nSPS) is 17.7. The van der Waals surface area contributed by atoms with Gasteiger partial charge in [-0.15, -0.1) is 0 Å². The van der Waals surface area contributed by atoms with Gasteiger partial charge in [0.2, 0.25) is 0 Å². The van der Waals surface area contributed by atoms with Crippen LogP contribution in [0.4, 0.5) is 5.69 Å². The molecule has 18 heavy (non-hydrogen) atoms. The van der Waals surface area contributed by atoms with E-state index in [1.54, 1.807) is 7.11 Å². The SMILES string of the molecule is COc1cccc2c1NCCC2c1ccccn1. The predicted molar refractivity (Wildman–Crippen MR) is 72.2 cm³/mol. The molecule has 1 unspecified atom stereocenters. The number of aromatic nitrogens is 1. The van der Waals surface area contributed by atoms with Crippen molar-refractivity contribution in [2.75, 3.05) is 19.0 Å². The summed E-state index contributed by atoms with van der Waals surface area (Å²) in [5.41, 5.74) is 3.52. The van der Waals surface area contributed by atoms with Crippen LogP contribution >= 0.6 is 0 Å². The van der Waals surface area contributed by atoms with Crippen molar-refractivity contribution < 1.29 is 4.74 Å². The molecule has 2 aromatic rings. The second-order valence-electron chi connectivity index (χ2n) is 4.45. The first kappa shape index (κ1) is 11.1. The van der Waals surface area contributed by atoms with E-state index >= 15 is 0 Å². The van der Waals surface area contributed by atoms with Gasteiger partial charge in [-0.3, -0.25) is 4.98 Å². The second kappa shape index (κ2) is 4.69. The number of anilines is 1. The van der Waals surface area contributed by atoms with E-state index in [2.05, 4.69) is 22.4 Å². The van der Waals surface area contributed by atoms with Crippen molar-refractivity contribution in [3.05, 3.63) is 53.9 Å². The summed E-state index contributed by atoms with van der Waals surface area (Å²) in [6.45, 7) is 0.953. The van der Waals surface area contributed by atoms with Gasteiger partial charge in [0.15, 0.2) is 0 Å². The topological polar surface area (TPSA) is 34.1 Å². The van der Waals surface area contributed by atoms with Crippen molar-refractivity contribution in [2.24, 2.45) is 0 Å². The number of hydrogen-bond donors (Lipinski definition) is 1. The van der Waals surface area contributed by atoms with Crippen LogP contribution in [0.3, 0.4) is 0 Å². The van der Waals surface area contributed by atoms with Crippen LogP contribution < -0.4 is 10.1 Å². The molecule has 0 amide bonds. The molecule has 3 heteroatoms. The number of benzene rings is 1. The molecule has 0 aliphatic carbocycles. The zero-order chi connectivity index (χ0) is 12.4. The molecule has 0 saturated heterocycles. The Labute approximate surface area is 107 Å². The highest BCUT2D eigenvalue weighted by Gasteiger charge is 2.24. The Morgan fingerprint density at radius 2 is 2.17 bits per heavy atom. The summed E-state index contributed by atoms with van der Waals surface area (Å²) in [4.78, 5) is 4.49. The molecule has 1 N–H and O–H groups in total. The van der Waals surface area contributed by atoms with Crippen molar-refractivity contribution in [1.82, 2.24) is 4.98 Å². The molecule has 1 atom stereocenters. The first-order valence-electron chi connectivity index (χ1n) is 6.22. The highest BCUT2D eigenvalue weighted by molar-refractivity contribution is 5.65. The maximum absolute atomic E-state index is 5.41. The third kappa shape index (κ3) is 1.82. The zero-order valence-corrected chi connectivity index (χ0v) is 10.4. The Balaban J connectivity index is 2.07. The molecule has 3 rings (SSSR count). The van der Waals surface area contributed by atoms with Gasteiger partial charge in [0.05, 0.1) is 12.8 Å². The van der Waals surface area contributed by atoms with Crippen molar-refractivity contribution in [3.8, 4) is 5.75 Å². The molecule has 1 aliphatic rings. The lowest BCUT2D eigenvalue weighted by Gasteiger charge is -2.27. The van der Waals surface area contributed by atoms with Gasteiger partial charge in [0.1, 0.15) is 5.75 Å². The lowest BCUT2D eigenvalue weighted by Crippen LogP contribution is -2.18. The Kier molecular flexibility index (Phi) is 2.89. The van der Waals surface area contributed by atoms with Crippen LogP contribution in [0.25, 0.3) is 0 Å². The Bertz CT molecular complexity index is 539. The zero-order valence-electron chi connectivity index (χ0n) is 10.4. The van der Waals surface area contributed by atoms with Crippen LogP contribution in [-0.4, -0.2) is 18.6 Å².